The summed E-state index contributed by atoms with van der Waals surface area (Å²) in [6.45, 7) is 1.14. The molecule has 0 amide bonds. The molecule has 0 bridgehead atoms. The molecular weight excluding hydrogens is 206 g/mol. The van der Waals surface area contributed by atoms with Gasteiger partial charge in [-0.2, -0.15) is 0 Å². The maximum absolute atomic E-state index is 2.44. The van der Waals surface area contributed by atoms with Crippen LogP contribution in [0.1, 0.15) is 22.7 Å². The third-order valence-electron chi connectivity index (χ3n) is 3.64. The van der Waals surface area contributed by atoms with Crippen molar-refractivity contribution in [3.8, 4) is 0 Å². The fourth-order valence-corrected chi connectivity index (χ4v) is 2.76. The van der Waals surface area contributed by atoms with Crippen LogP contribution in [0.25, 0.3) is 0 Å². The van der Waals surface area contributed by atoms with Gasteiger partial charge in [0.25, 0.3) is 0 Å². The number of rotatable bonds is 1. The van der Waals surface area contributed by atoms with Gasteiger partial charge < -0.3 is 0 Å². The first-order valence-electron chi connectivity index (χ1n) is 6.19. The van der Waals surface area contributed by atoms with E-state index in [0.29, 0.717) is 6.04 Å². The first kappa shape index (κ1) is 10.5. The Bertz CT molecular complexity index is 504. The highest BCUT2D eigenvalue weighted by Crippen LogP contribution is 2.33. The summed E-state index contributed by atoms with van der Waals surface area (Å²) in [5.74, 6) is 0. The molecule has 0 N–H and O–H groups in total. The topological polar surface area (TPSA) is 3.24 Å². The van der Waals surface area contributed by atoms with Crippen molar-refractivity contribution in [3.63, 3.8) is 0 Å². The van der Waals surface area contributed by atoms with Crippen molar-refractivity contribution in [1.82, 2.24) is 4.90 Å². The Morgan fingerprint density at radius 1 is 0.941 bits per heavy atom. The van der Waals surface area contributed by atoms with Gasteiger partial charge in [0.15, 0.2) is 0 Å². The zero-order valence-electron chi connectivity index (χ0n) is 10.1. The number of nitrogens with zero attached hydrogens (tertiary/aromatic N) is 1. The van der Waals surface area contributed by atoms with Crippen LogP contribution in [0.3, 0.4) is 0 Å². The number of hydrogen-bond donors (Lipinski definition) is 0. The highest BCUT2D eigenvalue weighted by Gasteiger charge is 2.25. The smallest absolute Gasteiger partial charge is 0.0602 e. The number of fused-ring (bicyclic) bond motifs is 1. The van der Waals surface area contributed by atoms with Crippen LogP contribution in [0, 0.1) is 0 Å². The average Bonchev–Trinajstić information content (AvgIpc) is 2.39. The van der Waals surface area contributed by atoms with E-state index < -0.39 is 0 Å². The van der Waals surface area contributed by atoms with Crippen molar-refractivity contribution < 1.29 is 0 Å². The van der Waals surface area contributed by atoms with Crippen molar-refractivity contribution in [2.24, 2.45) is 0 Å². The quantitative estimate of drug-likeness (QED) is 0.717. The second kappa shape index (κ2) is 4.34. The zero-order chi connectivity index (χ0) is 11.7. The molecule has 0 fully saturated rings. The Labute approximate surface area is 103 Å². The van der Waals surface area contributed by atoms with Crippen LogP contribution in [0.5, 0.6) is 0 Å². The number of likely N-dealkylation sites (N-methyl/N-ethyl adjacent to an activating group) is 1. The molecule has 0 aliphatic carbocycles. The summed E-state index contributed by atoms with van der Waals surface area (Å²) in [4.78, 5) is 2.44. The Morgan fingerprint density at radius 2 is 1.65 bits per heavy atom. The minimum absolute atomic E-state index is 0.418. The standard InChI is InChI=1S/C16H17N/c1-17-12-11-13-7-5-6-10-15(13)16(17)14-8-3-2-4-9-14/h2-10,16H,11-12H2,1H3. The highest BCUT2D eigenvalue weighted by atomic mass is 15.1. The van der Waals surface area contributed by atoms with Gasteiger partial charge in [-0.15, -0.1) is 0 Å². The molecule has 17 heavy (non-hydrogen) atoms. The van der Waals surface area contributed by atoms with Crippen LogP contribution in [0.4, 0.5) is 0 Å². The minimum atomic E-state index is 0.418. The lowest BCUT2D eigenvalue weighted by Gasteiger charge is -2.35. The number of hydrogen-bond acceptors (Lipinski definition) is 1. The third kappa shape index (κ3) is 1.87. The molecule has 3 rings (SSSR count). The first-order chi connectivity index (χ1) is 8.36. The van der Waals surface area contributed by atoms with Gasteiger partial charge >= 0.3 is 0 Å². The normalized spacial score (nSPS) is 19.9. The Hall–Kier alpha value is -1.60. The third-order valence-corrected chi connectivity index (χ3v) is 3.64. The lowest BCUT2D eigenvalue weighted by atomic mass is 9.89. The van der Waals surface area contributed by atoms with Crippen molar-refractivity contribution in [2.75, 3.05) is 13.6 Å². The zero-order valence-corrected chi connectivity index (χ0v) is 10.1. The van der Waals surface area contributed by atoms with Crippen molar-refractivity contribution in [1.29, 1.82) is 0 Å². The van der Waals surface area contributed by atoms with Gasteiger partial charge in [-0.1, -0.05) is 54.6 Å². The summed E-state index contributed by atoms with van der Waals surface area (Å²) in [6, 6.07) is 20.0. The minimum Gasteiger partial charge on any atom is -0.295 e. The number of benzene rings is 2. The summed E-state index contributed by atoms with van der Waals surface area (Å²) in [6.07, 6.45) is 1.16. The molecule has 1 unspecified atom stereocenters. The van der Waals surface area contributed by atoms with Gasteiger partial charge in [0, 0.05) is 6.54 Å². The van der Waals surface area contributed by atoms with E-state index in [1.165, 1.54) is 16.7 Å². The molecule has 1 aliphatic rings. The Kier molecular flexibility index (Phi) is 2.69. The maximum atomic E-state index is 2.44. The molecule has 0 saturated carbocycles. The molecule has 1 atom stereocenters. The van der Waals surface area contributed by atoms with Crippen LogP contribution in [0.2, 0.25) is 0 Å². The van der Waals surface area contributed by atoms with Crippen LogP contribution in [-0.2, 0) is 6.42 Å². The molecule has 0 radical (unpaired) electrons. The second-order valence-electron chi connectivity index (χ2n) is 4.74. The predicted octanol–water partition coefficient (Wildman–Crippen LogP) is 3.26. The van der Waals surface area contributed by atoms with Crippen molar-refractivity contribution >= 4 is 0 Å². The fraction of sp³-hybridized carbons (Fsp3) is 0.250. The molecular formula is C16H17N. The van der Waals surface area contributed by atoms with Crippen LogP contribution >= 0.6 is 0 Å². The van der Waals surface area contributed by atoms with Gasteiger partial charge in [0.2, 0.25) is 0 Å². The fourth-order valence-electron chi connectivity index (χ4n) is 2.76. The first-order valence-corrected chi connectivity index (χ1v) is 6.19. The molecule has 0 aromatic heterocycles. The van der Waals surface area contributed by atoms with E-state index in [0.717, 1.165) is 13.0 Å². The molecule has 1 nitrogen and oxygen atoms in total. The molecule has 1 heteroatoms. The summed E-state index contributed by atoms with van der Waals surface area (Å²) >= 11 is 0. The Balaban J connectivity index is 2.10. The van der Waals surface area contributed by atoms with E-state index in [1.807, 2.05) is 0 Å². The van der Waals surface area contributed by atoms with Crippen LogP contribution in [-0.4, -0.2) is 18.5 Å². The molecule has 0 saturated heterocycles. The van der Waals surface area contributed by atoms with E-state index >= 15 is 0 Å². The van der Waals surface area contributed by atoms with Gasteiger partial charge in [0.05, 0.1) is 6.04 Å². The molecule has 1 aliphatic heterocycles. The van der Waals surface area contributed by atoms with Crippen LogP contribution in [0.15, 0.2) is 54.6 Å². The summed E-state index contributed by atoms with van der Waals surface area (Å²) < 4.78 is 0. The highest BCUT2D eigenvalue weighted by molar-refractivity contribution is 5.39. The lowest BCUT2D eigenvalue weighted by Crippen LogP contribution is -2.32. The van der Waals surface area contributed by atoms with E-state index in [-0.39, 0.29) is 0 Å². The van der Waals surface area contributed by atoms with E-state index in [2.05, 4.69) is 66.5 Å². The largest absolute Gasteiger partial charge is 0.295 e. The average molecular weight is 223 g/mol. The second-order valence-corrected chi connectivity index (χ2v) is 4.74. The van der Waals surface area contributed by atoms with Crippen molar-refractivity contribution in [2.45, 2.75) is 12.5 Å². The van der Waals surface area contributed by atoms with Gasteiger partial charge in [-0.25, -0.2) is 0 Å². The molecule has 0 spiro atoms. The van der Waals surface area contributed by atoms with Crippen molar-refractivity contribution in [3.05, 3.63) is 71.3 Å². The predicted molar refractivity (Wildman–Crippen MR) is 71.1 cm³/mol. The van der Waals surface area contributed by atoms with Gasteiger partial charge in [-0.3, -0.25) is 4.90 Å². The monoisotopic (exact) mass is 223 g/mol. The van der Waals surface area contributed by atoms with E-state index in [9.17, 15) is 0 Å². The maximum Gasteiger partial charge on any atom is 0.0602 e. The molecule has 2 aromatic rings. The SMILES string of the molecule is CN1CCc2ccccc2C1c1ccccc1. The molecule has 86 valence electrons. The summed E-state index contributed by atoms with van der Waals surface area (Å²) in [7, 11) is 2.22. The van der Waals surface area contributed by atoms with E-state index in [4.69, 9.17) is 0 Å². The Morgan fingerprint density at radius 3 is 2.47 bits per heavy atom. The lowest BCUT2D eigenvalue weighted by molar-refractivity contribution is 0.265. The summed E-state index contributed by atoms with van der Waals surface area (Å²) in [5.41, 5.74) is 4.36. The van der Waals surface area contributed by atoms with Crippen LogP contribution < -0.4 is 0 Å². The molecule has 2 aromatic carbocycles. The summed E-state index contributed by atoms with van der Waals surface area (Å²) in [5, 5.41) is 0. The van der Waals surface area contributed by atoms with Gasteiger partial charge in [0.1, 0.15) is 0 Å². The van der Waals surface area contributed by atoms with E-state index in [1.54, 1.807) is 0 Å². The molecule has 1 heterocycles. The van der Waals surface area contributed by atoms with Gasteiger partial charge in [-0.05, 0) is 30.2 Å².